The van der Waals surface area contributed by atoms with Crippen LogP contribution in [0.1, 0.15) is 32.3 Å². The molecule has 6 N–H and O–H groups in total. The molecule has 0 spiro atoms. The highest BCUT2D eigenvalue weighted by atomic mass is 16.3. The van der Waals surface area contributed by atoms with Gasteiger partial charge in [-0.25, -0.2) is 9.97 Å². The van der Waals surface area contributed by atoms with Gasteiger partial charge in [-0.3, -0.25) is 15.0 Å². The summed E-state index contributed by atoms with van der Waals surface area (Å²) >= 11 is 0. The van der Waals surface area contributed by atoms with Gasteiger partial charge >= 0.3 is 0 Å². The molecule has 4 heterocycles. The molecule has 1 atom stereocenters. The van der Waals surface area contributed by atoms with Crippen molar-refractivity contribution < 1.29 is 14.7 Å². The van der Waals surface area contributed by atoms with Crippen LogP contribution in [0.15, 0.2) is 67.3 Å². The highest BCUT2D eigenvalue weighted by Gasteiger charge is 2.36. The van der Waals surface area contributed by atoms with Gasteiger partial charge in [-0.1, -0.05) is 24.3 Å². The van der Waals surface area contributed by atoms with E-state index in [1.165, 1.54) is 6.33 Å². The van der Waals surface area contributed by atoms with Gasteiger partial charge < -0.3 is 30.3 Å². The number of hydrogen-bond donors (Lipinski definition) is 5. The summed E-state index contributed by atoms with van der Waals surface area (Å²) in [6.07, 6.45) is 3.12. The molecule has 2 amide bonds. The standard InChI is InChI=1S/C28H22N8O3/c29-25-24-27(32-12-31-24)35(13-33-25)10-16-11-36(21-9-22(37)17-3-1-2-4-18(17)23(16)21)28(39)20-8-15-7-14(26(30)38)5-6-19(15)34-20/h1-9,12-13,16,29,34,37H,10-11H2,(H2,30,38)(H,31,32)/t16-/m1/s1. The van der Waals surface area contributed by atoms with Gasteiger partial charge in [0.15, 0.2) is 11.1 Å². The fraction of sp³-hybridized carbons (Fsp3) is 0.107. The highest BCUT2D eigenvalue weighted by Crippen LogP contribution is 2.46. The zero-order chi connectivity index (χ0) is 26.8. The van der Waals surface area contributed by atoms with Crippen LogP contribution in [0.4, 0.5) is 5.69 Å². The molecule has 7 rings (SSSR count). The number of nitrogens with two attached hydrogens (primary N) is 1. The molecule has 0 fully saturated rings. The summed E-state index contributed by atoms with van der Waals surface area (Å²) < 4.78 is 1.88. The lowest BCUT2D eigenvalue weighted by Crippen LogP contribution is -2.31. The number of H-pyrrole nitrogens is 2. The third-order valence-corrected chi connectivity index (χ3v) is 7.40. The van der Waals surface area contributed by atoms with Crippen molar-refractivity contribution in [2.75, 3.05) is 11.4 Å². The Morgan fingerprint density at radius 3 is 2.74 bits per heavy atom. The van der Waals surface area contributed by atoms with Crippen LogP contribution in [-0.4, -0.2) is 48.0 Å². The number of rotatable bonds is 4. The predicted octanol–water partition coefficient (Wildman–Crippen LogP) is 3.12. The summed E-state index contributed by atoms with van der Waals surface area (Å²) in [5, 5.41) is 21.2. The number of carbonyl (C=O) groups is 2. The lowest BCUT2D eigenvalue weighted by Gasteiger charge is -2.18. The van der Waals surface area contributed by atoms with Crippen LogP contribution >= 0.6 is 0 Å². The monoisotopic (exact) mass is 518 g/mol. The molecule has 0 bridgehead atoms. The molecule has 11 nitrogen and oxygen atoms in total. The van der Waals surface area contributed by atoms with Crippen LogP contribution in [0.3, 0.4) is 0 Å². The number of nitrogens with one attached hydrogen (secondary N) is 3. The second-order valence-corrected chi connectivity index (χ2v) is 9.68. The topological polar surface area (TPSA) is 170 Å². The predicted molar refractivity (Wildman–Crippen MR) is 145 cm³/mol. The minimum Gasteiger partial charge on any atom is -0.507 e. The number of hydrogen-bond acceptors (Lipinski definition) is 6. The van der Waals surface area contributed by atoms with E-state index in [2.05, 4.69) is 19.9 Å². The van der Waals surface area contributed by atoms with Crippen molar-refractivity contribution in [3.8, 4) is 5.75 Å². The van der Waals surface area contributed by atoms with Crippen molar-refractivity contribution in [3.63, 3.8) is 0 Å². The van der Waals surface area contributed by atoms with E-state index in [-0.39, 0.29) is 23.1 Å². The van der Waals surface area contributed by atoms with Crippen LogP contribution in [0.2, 0.25) is 0 Å². The number of benzene rings is 3. The Hall–Kier alpha value is -5.45. The molecule has 11 heteroatoms. The van der Waals surface area contributed by atoms with Crippen molar-refractivity contribution >= 4 is 50.3 Å². The van der Waals surface area contributed by atoms with Crippen LogP contribution in [0, 0.1) is 5.41 Å². The van der Waals surface area contributed by atoms with Gasteiger partial charge in [0, 0.05) is 46.9 Å². The largest absolute Gasteiger partial charge is 0.507 e. The molecule has 3 aromatic heterocycles. The third kappa shape index (κ3) is 3.47. The molecule has 0 saturated carbocycles. The molecule has 0 aliphatic carbocycles. The second kappa shape index (κ2) is 8.28. The van der Waals surface area contributed by atoms with Crippen molar-refractivity contribution in [3.05, 3.63) is 89.6 Å². The number of aromatic amines is 2. The van der Waals surface area contributed by atoms with E-state index in [0.717, 1.165) is 10.9 Å². The maximum atomic E-state index is 13.9. The molecule has 39 heavy (non-hydrogen) atoms. The Bertz CT molecular complexity index is 2040. The first-order valence-corrected chi connectivity index (χ1v) is 12.3. The Morgan fingerprint density at radius 1 is 1.10 bits per heavy atom. The van der Waals surface area contributed by atoms with Crippen molar-refractivity contribution in [2.24, 2.45) is 5.73 Å². The Labute approximate surface area is 220 Å². The normalized spacial score (nSPS) is 14.9. The van der Waals surface area contributed by atoms with E-state index in [0.29, 0.717) is 57.5 Å². The lowest BCUT2D eigenvalue weighted by molar-refractivity contribution is 0.0980. The first-order chi connectivity index (χ1) is 18.9. The number of nitrogens with zero attached hydrogens (tertiary/aromatic N) is 4. The van der Waals surface area contributed by atoms with E-state index in [1.54, 1.807) is 41.6 Å². The van der Waals surface area contributed by atoms with Crippen LogP contribution in [-0.2, 0) is 6.54 Å². The SMILES string of the molecule is N=c1ncn(C[C@@H]2CN(C(=O)c3cc4cc(C(N)=O)ccc4[nH]3)c3cc(O)c4ccccc4c32)c2nc[nH]c12. The number of aromatic nitrogens is 5. The maximum Gasteiger partial charge on any atom is 0.274 e. The Morgan fingerprint density at radius 2 is 1.92 bits per heavy atom. The zero-order valence-electron chi connectivity index (χ0n) is 20.5. The molecule has 6 aromatic rings. The number of amides is 2. The van der Waals surface area contributed by atoms with E-state index in [4.69, 9.17) is 11.1 Å². The van der Waals surface area contributed by atoms with E-state index < -0.39 is 5.91 Å². The van der Waals surface area contributed by atoms with Gasteiger partial charge in [0.1, 0.15) is 17.0 Å². The lowest BCUT2D eigenvalue weighted by atomic mass is 9.94. The first-order valence-electron chi connectivity index (χ1n) is 12.3. The molecule has 192 valence electrons. The number of fused-ring (bicyclic) bond motifs is 5. The number of primary amides is 1. The van der Waals surface area contributed by atoms with Gasteiger partial charge in [0.05, 0.1) is 18.3 Å². The van der Waals surface area contributed by atoms with E-state index in [1.807, 2.05) is 28.8 Å². The summed E-state index contributed by atoms with van der Waals surface area (Å²) in [5.74, 6) is -0.863. The molecule has 0 saturated heterocycles. The molecular weight excluding hydrogens is 496 g/mol. The maximum absolute atomic E-state index is 13.9. The van der Waals surface area contributed by atoms with Crippen LogP contribution in [0.25, 0.3) is 32.8 Å². The number of phenolic OH excluding ortho intramolecular Hbond substituents is 1. The number of carbonyl (C=O) groups excluding carboxylic acids is 2. The number of phenols is 1. The summed E-state index contributed by atoms with van der Waals surface area (Å²) in [6, 6.07) is 15.9. The summed E-state index contributed by atoms with van der Waals surface area (Å²) in [5.41, 5.74) is 9.66. The van der Waals surface area contributed by atoms with E-state index >= 15 is 0 Å². The molecule has 1 aliphatic heterocycles. The molecule has 0 radical (unpaired) electrons. The Kier molecular flexibility index (Phi) is 4.83. The van der Waals surface area contributed by atoms with Gasteiger partial charge in [-0.2, -0.15) is 0 Å². The Balaban J connectivity index is 1.35. The smallest absolute Gasteiger partial charge is 0.274 e. The summed E-state index contributed by atoms with van der Waals surface area (Å²) in [6.45, 7) is 0.805. The van der Waals surface area contributed by atoms with Crippen LogP contribution < -0.4 is 16.1 Å². The molecule has 1 aliphatic rings. The fourth-order valence-electron chi connectivity index (χ4n) is 5.61. The number of imidazole rings is 1. The average molecular weight is 519 g/mol. The van der Waals surface area contributed by atoms with Gasteiger partial charge in [-0.15, -0.1) is 0 Å². The number of anilines is 1. The van der Waals surface area contributed by atoms with Crippen LogP contribution in [0.5, 0.6) is 5.75 Å². The summed E-state index contributed by atoms with van der Waals surface area (Å²) in [7, 11) is 0. The van der Waals surface area contributed by atoms with Gasteiger partial charge in [0.25, 0.3) is 5.91 Å². The molecule has 3 aromatic carbocycles. The molecular formula is C28H22N8O3. The molecule has 0 unspecified atom stereocenters. The third-order valence-electron chi connectivity index (χ3n) is 7.40. The summed E-state index contributed by atoms with van der Waals surface area (Å²) in [4.78, 5) is 41.9. The zero-order valence-corrected chi connectivity index (χ0v) is 20.5. The first kappa shape index (κ1) is 22.7. The van der Waals surface area contributed by atoms with Crippen molar-refractivity contribution in [1.29, 1.82) is 5.41 Å². The van der Waals surface area contributed by atoms with Crippen molar-refractivity contribution in [1.82, 2.24) is 24.5 Å². The van der Waals surface area contributed by atoms with Gasteiger partial charge in [0.2, 0.25) is 5.91 Å². The van der Waals surface area contributed by atoms with Crippen molar-refractivity contribution in [2.45, 2.75) is 12.5 Å². The highest BCUT2D eigenvalue weighted by molar-refractivity contribution is 6.11. The van der Waals surface area contributed by atoms with Gasteiger partial charge in [-0.05, 0) is 35.2 Å². The quantitative estimate of drug-likeness (QED) is 0.241. The number of aromatic hydroxyl groups is 1. The van der Waals surface area contributed by atoms with E-state index in [9.17, 15) is 14.7 Å². The fourth-order valence-corrected chi connectivity index (χ4v) is 5.61. The minimum atomic E-state index is -0.541. The minimum absolute atomic E-state index is 0.0908. The average Bonchev–Trinajstić information content (AvgIpc) is 3.67. The second-order valence-electron chi connectivity index (χ2n) is 9.68.